The van der Waals surface area contributed by atoms with Gasteiger partial charge in [0.05, 0.1) is 0 Å². The lowest BCUT2D eigenvalue weighted by Gasteiger charge is -2.33. The highest BCUT2D eigenvalue weighted by atomic mass is 33.1. The molecular formula is C18H36N10S2. The molecule has 0 unspecified atom stereocenters. The SMILES string of the molecule is CCNN1N=C(SSC2=NN(NCC)NC(N(CC)CC)=C2)C=C(N(CC)CC)N1. The smallest absolute Gasteiger partial charge is 0.134 e. The first-order valence-corrected chi connectivity index (χ1v) is 12.8. The molecule has 0 saturated heterocycles. The van der Waals surface area contributed by atoms with Crippen LogP contribution in [0.25, 0.3) is 0 Å². The molecule has 0 aromatic carbocycles. The van der Waals surface area contributed by atoms with E-state index >= 15 is 0 Å². The zero-order chi connectivity index (χ0) is 21.9. The second kappa shape index (κ2) is 12.8. The quantitative estimate of drug-likeness (QED) is 0.367. The molecule has 2 aliphatic heterocycles. The minimum Gasteiger partial charge on any atom is -0.357 e. The topological polar surface area (TPSA) is 85.8 Å². The summed E-state index contributed by atoms with van der Waals surface area (Å²) >= 11 is 0. The van der Waals surface area contributed by atoms with Crippen LogP contribution in [0.15, 0.2) is 34.0 Å². The van der Waals surface area contributed by atoms with Crippen molar-refractivity contribution in [2.24, 2.45) is 10.2 Å². The van der Waals surface area contributed by atoms with E-state index < -0.39 is 0 Å². The Bertz CT molecular complexity index is 599. The van der Waals surface area contributed by atoms with Crippen LogP contribution >= 0.6 is 21.6 Å². The van der Waals surface area contributed by atoms with Crippen molar-refractivity contribution in [3.8, 4) is 0 Å². The van der Waals surface area contributed by atoms with Gasteiger partial charge in [0.15, 0.2) is 0 Å². The van der Waals surface area contributed by atoms with Crippen molar-refractivity contribution in [1.82, 2.24) is 42.0 Å². The van der Waals surface area contributed by atoms with Gasteiger partial charge in [-0.25, -0.2) is 0 Å². The molecule has 12 heteroatoms. The third-order valence-corrected chi connectivity index (χ3v) is 6.49. The highest BCUT2D eigenvalue weighted by Crippen LogP contribution is 2.30. The second-order valence-electron chi connectivity index (χ2n) is 6.32. The molecule has 2 rings (SSSR count). The van der Waals surface area contributed by atoms with Gasteiger partial charge in [0.1, 0.15) is 21.7 Å². The molecule has 10 nitrogen and oxygen atoms in total. The maximum absolute atomic E-state index is 4.63. The van der Waals surface area contributed by atoms with E-state index in [1.165, 1.54) is 0 Å². The first-order valence-electron chi connectivity index (χ1n) is 10.6. The lowest BCUT2D eigenvalue weighted by Crippen LogP contribution is -2.50. The molecule has 0 amide bonds. The van der Waals surface area contributed by atoms with Crippen LogP contribution in [0.5, 0.6) is 0 Å². The lowest BCUT2D eigenvalue weighted by molar-refractivity contribution is 0.115. The predicted molar refractivity (Wildman–Crippen MR) is 129 cm³/mol. The first kappa shape index (κ1) is 24.5. The highest BCUT2D eigenvalue weighted by molar-refractivity contribution is 8.87. The van der Waals surface area contributed by atoms with Gasteiger partial charge in [-0.3, -0.25) is 10.9 Å². The van der Waals surface area contributed by atoms with Crippen molar-refractivity contribution in [3.63, 3.8) is 0 Å². The van der Waals surface area contributed by atoms with E-state index in [1.807, 2.05) is 13.8 Å². The molecular weight excluding hydrogens is 420 g/mol. The fourth-order valence-electron chi connectivity index (χ4n) is 2.89. The lowest BCUT2D eigenvalue weighted by atomic mass is 10.4. The van der Waals surface area contributed by atoms with Gasteiger partial charge >= 0.3 is 0 Å². The van der Waals surface area contributed by atoms with Crippen molar-refractivity contribution in [1.29, 1.82) is 0 Å². The molecule has 4 N–H and O–H groups in total. The molecule has 0 radical (unpaired) electrons. The predicted octanol–water partition coefficient (Wildman–Crippen LogP) is 2.05. The molecule has 2 heterocycles. The molecule has 0 spiro atoms. The van der Waals surface area contributed by atoms with Crippen molar-refractivity contribution in [3.05, 3.63) is 23.8 Å². The number of hydrazine groups is 4. The summed E-state index contributed by atoms with van der Waals surface area (Å²) in [5.41, 5.74) is 13.0. The standard InChI is InChI=1S/C18H36N10S2/c1-7-19-27-21-15(25(9-3)10-4)13-17(23-27)29-30-18-14-16(26(11-5)12-6)22-28(24-18)20-8-2/h13-14,19-22H,7-12H2,1-6H3. The number of hydrogen-bond donors (Lipinski definition) is 4. The van der Waals surface area contributed by atoms with Crippen molar-refractivity contribution in [2.45, 2.75) is 41.5 Å². The summed E-state index contributed by atoms with van der Waals surface area (Å²) in [4.78, 5) is 4.52. The molecule has 0 atom stereocenters. The van der Waals surface area contributed by atoms with E-state index in [0.717, 1.165) is 61.0 Å². The normalized spacial score (nSPS) is 16.2. The second-order valence-corrected chi connectivity index (χ2v) is 8.49. The average molecular weight is 457 g/mol. The molecule has 170 valence electrons. The van der Waals surface area contributed by atoms with Crippen LogP contribution in [0.4, 0.5) is 0 Å². The first-order chi connectivity index (χ1) is 14.6. The molecule has 0 bridgehead atoms. The van der Waals surface area contributed by atoms with Crippen molar-refractivity contribution < 1.29 is 0 Å². The Hall–Kier alpha value is -1.76. The Kier molecular flexibility index (Phi) is 10.5. The van der Waals surface area contributed by atoms with E-state index in [0.29, 0.717) is 0 Å². The Labute approximate surface area is 188 Å². The Morgan fingerprint density at radius 2 is 1.10 bits per heavy atom. The zero-order valence-corrected chi connectivity index (χ0v) is 20.5. The van der Waals surface area contributed by atoms with Crippen LogP contribution in [0, 0.1) is 0 Å². The van der Waals surface area contributed by atoms with Gasteiger partial charge in [-0.15, -0.1) is 20.7 Å². The average Bonchev–Trinajstić information content (AvgIpc) is 2.74. The van der Waals surface area contributed by atoms with Crippen molar-refractivity contribution in [2.75, 3.05) is 39.3 Å². The maximum Gasteiger partial charge on any atom is 0.134 e. The van der Waals surface area contributed by atoms with Gasteiger partial charge in [0.25, 0.3) is 0 Å². The fraction of sp³-hybridized carbons (Fsp3) is 0.667. The summed E-state index contributed by atoms with van der Waals surface area (Å²) < 4.78 is 0. The van der Waals surface area contributed by atoms with E-state index in [9.17, 15) is 0 Å². The van der Waals surface area contributed by atoms with E-state index in [-0.39, 0.29) is 0 Å². The molecule has 0 aromatic heterocycles. The van der Waals surface area contributed by atoms with Gasteiger partial charge in [0.2, 0.25) is 0 Å². The Morgan fingerprint density at radius 1 is 0.733 bits per heavy atom. The number of hydrazone groups is 2. The number of nitrogens with one attached hydrogen (secondary N) is 4. The fourth-order valence-corrected chi connectivity index (χ4v) is 4.61. The largest absolute Gasteiger partial charge is 0.357 e. The number of nitrogens with zero attached hydrogens (tertiary/aromatic N) is 6. The molecule has 30 heavy (non-hydrogen) atoms. The van der Waals surface area contributed by atoms with Gasteiger partial charge in [0, 0.05) is 51.4 Å². The zero-order valence-electron chi connectivity index (χ0n) is 18.9. The highest BCUT2D eigenvalue weighted by Gasteiger charge is 2.20. The van der Waals surface area contributed by atoms with Gasteiger partial charge < -0.3 is 9.80 Å². The molecule has 0 aliphatic carbocycles. The van der Waals surface area contributed by atoms with Gasteiger partial charge in [-0.05, 0) is 49.3 Å². The Balaban J connectivity index is 2.16. The summed E-state index contributed by atoms with van der Waals surface area (Å²) in [7, 11) is 3.18. The Morgan fingerprint density at radius 3 is 1.40 bits per heavy atom. The van der Waals surface area contributed by atoms with Crippen LogP contribution in [-0.2, 0) is 0 Å². The van der Waals surface area contributed by atoms with Crippen LogP contribution in [0.3, 0.4) is 0 Å². The third kappa shape index (κ3) is 6.89. The number of hydrogen-bond acceptors (Lipinski definition) is 12. The monoisotopic (exact) mass is 456 g/mol. The maximum atomic E-state index is 4.63. The third-order valence-electron chi connectivity index (χ3n) is 4.39. The molecule has 0 saturated carbocycles. The van der Waals surface area contributed by atoms with E-state index in [2.05, 4.69) is 81.6 Å². The van der Waals surface area contributed by atoms with Gasteiger partial charge in [-0.2, -0.15) is 10.9 Å². The molecule has 0 aromatic rings. The van der Waals surface area contributed by atoms with Crippen LogP contribution in [-0.4, -0.2) is 69.6 Å². The molecule has 0 fully saturated rings. The van der Waals surface area contributed by atoms with E-state index in [1.54, 1.807) is 32.0 Å². The summed E-state index contributed by atoms with van der Waals surface area (Å²) in [5, 5.41) is 14.4. The minimum absolute atomic E-state index is 0.777. The number of rotatable bonds is 10. The summed E-state index contributed by atoms with van der Waals surface area (Å²) in [6.07, 6.45) is 4.16. The van der Waals surface area contributed by atoms with Crippen LogP contribution < -0.4 is 21.7 Å². The summed E-state index contributed by atoms with van der Waals surface area (Å²) in [6, 6.07) is 0. The molecule has 2 aliphatic rings. The van der Waals surface area contributed by atoms with Crippen LogP contribution in [0.1, 0.15) is 41.5 Å². The minimum atomic E-state index is 0.777. The van der Waals surface area contributed by atoms with Gasteiger partial charge in [-0.1, -0.05) is 13.8 Å². The van der Waals surface area contributed by atoms with E-state index in [4.69, 9.17) is 0 Å². The van der Waals surface area contributed by atoms with Crippen LogP contribution in [0.2, 0.25) is 0 Å². The van der Waals surface area contributed by atoms with Crippen molar-refractivity contribution >= 4 is 31.7 Å². The summed E-state index contributed by atoms with van der Waals surface area (Å²) in [6.45, 7) is 17.9. The summed E-state index contributed by atoms with van der Waals surface area (Å²) in [5.74, 6) is 2.06.